The molecule has 23 heavy (non-hydrogen) atoms. The molecule has 1 atom stereocenters. The smallest absolute Gasteiger partial charge is 0.0644 e. The Balaban J connectivity index is 1.76. The van der Waals surface area contributed by atoms with Crippen molar-refractivity contribution in [3.8, 4) is 0 Å². The Kier molecular flexibility index (Phi) is 5.13. The van der Waals surface area contributed by atoms with Crippen LogP contribution in [-0.2, 0) is 19.5 Å². The fourth-order valence-electron chi connectivity index (χ4n) is 3.66. The lowest BCUT2D eigenvalue weighted by molar-refractivity contribution is 0.267. The summed E-state index contributed by atoms with van der Waals surface area (Å²) in [6.07, 6.45) is 4.94. The summed E-state index contributed by atoms with van der Waals surface area (Å²) in [5.74, 6) is 0. The minimum Gasteiger partial charge on any atom is -0.394 e. The van der Waals surface area contributed by atoms with Crippen molar-refractivity contribution >= 4 is 0 Å². The van der Waals surface area contributed by atoms with E-state index in [9.17, 15) is 0 Å². The van der Waals surface area contributed by atoms with E-state index in [0.717, 1.165) is 17.9 Å². The maximum absolute atomic E-state index is 9.14. The first kappa shape index (κ1) is 16.2. The third-order valence-corrected chi connectivity index (χ3v) is 4.99. The Morgan fingerprint density at radius 1 is 1.26 bits per heavy atom. The fourth-order valence-corrected chi connectivity index (χ4v) is 3.66. The van der Waals surface area contributed by atoms with Crippen molar-refractivity contribution < 1.29 is 5.11 Å². The van der Waals surface area contributed by atoms with Crippen LogP contribution in [0.15, 0.2) is 24.3 Å². The van der Waals surface area contributed by atoms with Crippen LogP contribution in [0.4, 0.5) is 0 Å². The van der Waals surface area contributed by atoms with Gasteiger partial charge < -0.3 is 10.4 Å². The highest BCUT2D eigenvalue weighted by Gasteiger charge is 2.19. The lowest BCUT2D eigenvalue weighted by Crippen LogP contribution is -2.22. The summed E-state index contributed by atoms with van der Waals surface area (Å²) in [6.45, 7) is 5.68. The number of rotatable bonds is 5. The largest absolute Gasteiger partial charge is 0.394 e. The number of hydrogen-bond acceptors (Lipinski definition) is 3. The van der Waals surface area contributed by atoms with Crippen molar-refractivity contribution in [3.63, 3.8) is 0 Å². The maximum atomic E-state index is 9.14. The van der Waals surface area contributed by atoms with Crippen molar-refractivity contribution in [1.29, 1.82) is 0 Å². The number of aliphatic hydroxyl groups excluding tert-OH is 1. The van der Waals surface area contributed by atoms with Gasteiger partial charge in [-0.1, -0.05) is 30.7 Å². The van der Waals surface area contributed by atoms with Gasteiger partial charge >= 0.3 is 0 Å². The Morgan fingerprint density at radius 3 is 2.91 bits per heavy atom. The molecule has 0 amide bonds. The Labute approximate surface area is 138 Å². The summed E-state index contributed by atoms with van der Waals surface area (Å²) in [5.41, 5.74) is 6.44. The fraction of sp³-hybridized carbons (Fsp3) is 0.526. The predicted octanol–water partition coefficient (Wildman–Crippen LogP) is 3.05. The van der Waals surface area contributed by atoms with E-state index in [1.54, 1.807) is 0 Å². The lowest BCUT2D eigenvalue weighted by atomic mass is 9.99. The molecule has 1 aliphatic carbocycles. The SMILES string of the molecule is Cc1nn(CCO)c(C)c1CN[C@H]1CCCCc2ccccc21. The molecular weight excluding hydrogens is 286 g/mol. The van der Waals surface area contributed by atoms with Crippen molar-refractivity contribution in [2.75, 3.05) is 6.61 Å². The van der Waals surface area contributed by atoms with Gasteiger partial charge in [0.2, 0.25) is 0 Å². The second-order valence-electron chi connectivity index (χ2n) is 6.47. The number of hydrogen-bond donors (Lipinski definition) is 2. The minimum atomic E-state index is 0.130. The topological polar surface area (TPSA) is 50.1 Å². The number of aryl methyl sites for hydroxylation is 2. The molecule has 1 aromatic heterocycles. The average Bonchev–Trinajstić information content (AvgIpc) is 2.73. The number of nitrogens with zero attached hydrogens (tertiary/aromatic N) is 2. The summed E-state index contributed by atoms with van der Waals surface area (Å²) in [6, 6.07) is 9.26. The van der Waals surface area contributed by atoms with Gasteiger partial charge in [0.25, 0.3) is 0 Å². The van der Waals surface area contributed by atoms with Crippen LogP contribution < -0.4 is 5.32 Å². The normalized spacial score (nSPS) is 17.8. The number of aromatic nitrogens is 2. The molecule has 1 aromatic carbocycles. The third kappa shape index (κ3) is 3.48. The van der Waals surface area contributed by atoms with Crippen LogP contribution in [-0.4, -0.2) is 21.5 Å². The summed E-state index contributed by atoms with van der Waals surface area (Å²) < 4.78 is 1.91. The van der Waals surface area contributed by atoms with Gasteiger partial charge in [-0.05, 0) is 44.2 Å². The molecule has 4 nitrogen and oxygen atoms in total. The van der Waals surface area contributed by atoms with Gasteiger partial charge in [-0.3, -0.25) is 4.68 Å². The summed E-state index contributed by atoms with van der Waals surface area (Å²) >= 11 is 0. The van der Waals surface area contributed by atoms with E-state index < -0.39 is 0 Å². The lowest BCUT2D eigenvalue weighted by Gasteiger charge is -2.19. The molecule has 0 saturated carbocycles. The van der Waals surface area contributed by atoms with Crippen LogP contribution >= 0.6 is 0 Å². The van der Waals surface area contributed by atoms with E-state index in [1.165, 1.54) is 42.4 Å². The van der Waals surface area contributed by atoms with Crippen LogP contribution in [0.5, 0.6) is 0 Å². The highest BCUT2D eigenvalue weighted by atomic mass is 16.3. The van der Waals surface area contributed by atoms with Crippen LogP contribution in [0.25, 0.3) is 0 Å². The zero-order valence-electron chi connectivity index (χ0n) is 14.2. The molecule has 0 saturated heterocycles. The van der Waals surface area contributed by atoms with Gasteiger partial charge in [0.1, 0.15) is 0 Å². The number of aliphatic hydroxyl groups is 1. The molecule has 1 heterocycles. The summed E-state index contributed by atoms with van der Waals surface area (Å²) in [7, 11) is 0. The Bertz CT molecular complexity index is 663. The molecule has 0 aliphatic heterocycles. The monoisotopic (exact) mass is 313 g/mol. The van der Waals surface area contributed by atoms with E-state index in [0.29, 0.717) is 12.6 Å². The molecule has 0 spiro atoms. The quantitative estimate of drug-likeness (QED) is 0.834. The minimum absolute atomic E-state index is 0.130. The number of benzene rings is 1. The highest BCUT2D eigenvalue weighted by Crippen LogP contribution is 2.29. The molecule has 1 aliphatic rings. The summed E-state index contributed by atoms with van der Waals surface area (Å²) in [4.78, 5) is 0. The Hall–Kier alpha value is -1.65. The van der Waals surface area contributed by atoms with Crippen LogP contribution in [0.1, 0.15) is 53.4 Å². The average molecular weight is 313 g/mol. The molecule has 124 valence electrons. The molecule has 0 unspecified atom stereocenters. The first-order valence-electron chi connectivity index (χ1n) is 8.65. The highest BCUT2D eigenvalue weighted by molar-refractivity contribution is 5.32. The van der Waals surface area contributed by atoms with Gasteiger partial charge in [0, 0.05) is 23.8 Å². The zero-order valence-corrected chi connectivity index (χ0v) is 14.2. The van der Waals surface area contributed by atoms with E-state index in [1.807, 2.05) is 4.68 Å². The Morgan fingerprint density at radius 2 is 2.09 bits per heavy atom. The van der Waals surface area contributed by atoms with Crippen molar-refractivity contribution in [2.24, 2.45) is 0 Å². The summed E-state index contributed by atoms with van der Waals surface area (Å²) in [5, 5.41) is 17.4. The van der Waals surface area contributed by atoms with E-state index in [2.05, 4.69) is 48.5 Å². The first-order chi connectivity index (χ1) is 11.2. The van der Waals surface area contributed by atoms with Gasteiger partial charge in [0.15, 0.2) is 0 Å². The van der Waals surface area contributed by atoms with E-state index >= 15 is 0 Å². The predicted molar refractivity (Wildman–Crippen MR) is 92.4 cm³/mol. The number of fused-ring (bicyclic) bond motifs is 1. The molecule has 2 aromatic rings. The van der Waals surface area contributed by atoms with E-state index in [-0.39, 0.29) is 6.61 Å². The van der Waals surface area contributed by atoms with Crippen molar-refractivity contribution in [3.05, 3.63) is 52.3 Å². The second kappa shape index (κ2) is 7.28. The third-order valence-electron chi connectivity index (χ3n) is 4.99. The van der Waals surface area contributed by atoms with Crippen molar-refractivity contribution in [2.45, 2.75) is 58.7 Å². The molecule has 4 heteroatoms. The van der Waals surface area contributed by atoms with Crippen molar-refractivity contribution in [1.82, 2.24) is 15.1 Å². The van der Waals surface area contributed by atoms with E-state index in [4.69, 9.17) is 5.11 Å². The maximum Gasteiger partial charge on any atom is 0.0644 e. The molecule has 2 N–H and O–H groups in total. The number of nitrogens with one attached hydrogen (secondary N) is 1. The molecule has 0 fully saturated rings. The standard InChI is InChI=1S/C19H27N3O/c1-14-18(15(2)22(21-14)11-12-23)13-20-19-10-6-4-8-16-7-3-5-9-17(16)19/h3,5,7,9,19-20,23H,4,6,8,10-13H2,1-2H3/t19-/m0/s1. The zero-order chi connectivity index (χ0) is 16.2. The van der Waals surface area contributed by atoms with Crippen LogP contribution in [0, 0.1) is 13.8 Å². The van der Waals surface area contributed by atoms with Crippen LogP contribution in [0.3, 0.4) is 0 Å². The van der Waals surface area contributed by atoms with Crippen LogP contribution in [0.2, 0.25) is 0 Å². The second-order valence-corrected chi connectivity index (χ2v) is 6.47. The molecule has 0 radical (unpaired) electrons. The first-order valence-corrected chi connectivity index (χ1v) is 8.65. The van der Waals surface area contributed by atoms with Gasteiger partial charge in [-0.25, -0.2) is 0 Å². The molecule has 3 rings (SSSR count). The van der Waals surface area contributed by atoms with Gasteiger partial charge in [-0.2, -0.15) is 5.10 Å². The molecule has 0 bridgehead atoms. The van der Waals surface area contributed by atoms with Gasteiger partial charge in [0.05, 0.1) is 18.8 Å². The molecular formula is C19H27N3O. The van der Waals surface area contributed by atoms with Gasteiger partial charge in [-0.15, -0.1) is 0 Å².